The molecule has 7 heteroatoms. The molecule has 0 aliphatic rings. The van der Waals surface area contributed by atoms with Crippen LogP contribution in [0.1, 0.15) is 15.9 Å². The number of aromatic nitrogens is 3. The minimum atomic E-state index is -0.244. The molecule has 3 N–H and O–H groups in total. The van der Waals surface area contributed by atoms with Crippen molar-refractivity contribution in [3.05, 3.63) is 62.7 Å². The summed E-state index contributed by atoms with van der Waals surface area (Å²) in [6.45, 7) is 0.370. The number of carbonyl (C=O) groups is 1. The molecule has 0 atom stereocenters. The highest BCUT2D eigenvalue weighted by atomic mass is 79.9. The lowest BCUT2D eigenvalue weighted by atomic mass is 10.2. The van der Waals surface area contributed by atoms with Gasteiger partial charge in [0, 0.05) is 23.4 Å². The Balaban J connectivity index is 1.73. The molecule has 0 saturated carbocycles. The lowest BCUT2D eigenvalue weighted by Crippen LogP contribution is -2.22. The van der Waals surface area contributed by atoms with Crippen LogP contribution in [0.5, 0.6) is 0 Å². The van der Waals surface area contributed by atoms with E-state index in [0.29, 0.717) is 12.1 Å². The van der Waals surface area contributed by atoms with E-state index in [1.807, 2.05) is 12.1 Å². The van der Waals surface area contributed by atoms with Crippen molar-refractivity contribution in [2.75, 3.05) is 0 Å². The number of rotatable bonds is 3. The molecule has 0 unspecified atom stereocenters. The van der Waals surface area contributed by atoms with Crippen molar-refractivity contribution >= 4 is 32.9 Å². The van der Waals surface area contributed by atoms with Crippen LogP contribution in [0.4, 0.5) is 0 Å². The van der Waals surface area contributed by atoms with Crippen LogP contribution in [0, 0.1) is 0 Å². The summed E-state index contributed by atoms with van der Waals surface area (Å²) in [7, 11) is 0. The van der Waals surface area contributed by atoms with E-state index < -0.39 is 0 Å². The van der Waals surface area contributed by atoms with E-state index in [4.69, 9.17) is 0 Å². The third-order valence-corrected chi connectivity index (χ3v) is 3.43. The molecule has 2 heterocycles. The molecule has 0 aliphatic heterocycles. The van der Waals surface area contributed by atoms with Gasteiger partial charge in [-0.3, -0.25) is 9.78 Å². The molecule has 106 valence electrons. The van der Waals surface area contributed by atoms with Gasteiger partial charge in [0.15, 0.2) is 0 Å². The third-order valence-electron chi connectivity index (χ3n) is 3.00. The average molecular weight is 347 g/mol. The molecule has 1 aromatic carbocycles. The van der Waals surface area contributed by atoms with Gasteiger partial charge < -0.3 is 15.3 Å². The van der Waals surface area contributed by atoms with Gasteiger partial charge >= 0.3 is 5.69 Å². The smallest absolute Gasteiger partial charge is 0.323 e. The maximum atomic E-state index is 12.0. The van der Waals surface area contributed by atoms with Gasteiger partial charge in [-0.05, 0) is 39.7 Å². The van der Waals surface area contributed by atoms with Crippen molar-refractivity contribution < 1.29 is 4.79 Å². The van der Waals surface area contributed by atoms with Gasteiger partial charge in [-0.2, -0.15) is 0 Å². The Morgan fingerprint density at radius 3 is 2.81 bits per heavy atom. The van der Waals surface area contributed by atoms with E-state index in [2.05, 4.69) is 36.2 Å². The van der Waals surface area contributed by atoms with Crippen molar-refractivity contribution in [3.8, 4) is 0 Å². The summed E-state index contributed by atoms with van der Waals surface area (Å²) in [6, 6.07) is 7.18. The molecule has 2 aromatic heterocycles. The molecule has 0 saturated heterocycles. The summed E-state index contributed by atoms with van der Waals surface area (Å²) >= 11 is 3.28. The van der Waals surface area contributed by atoms with Crippen LogP contribution in [0.15, 0.2) is 45.9 Å². The van der Waals surface area contributed by atoms with Gasteiger partial charge in [0.25, 0.3) is 5.91 Å². The minimum Gasteiger partial charge on any atom is -0.348 e. The standard InChI is InChI=1S/C14H11BrN4O2/c15-10-4-9(6-16-7-10)13(20)17-5-8-1-2-11-12(3-8)19-14(21)18-11/h1-4,6-7H,5H2,(H,17,20)(H2,18,19,21). The molecule has 0 aliphatic carbocycles. The lowest BCUT2D eigenvalue weighted by Gasteiger charge is -2.05. The second kappa shape index (κ2) is 5.53. The van der Waals surface area contributed by atoms with Gasteiger partial charge in [-0.1, -0.05) is 6.07 Å². The van der Waals surface area contributed by atoms with Crippen LogP contribution in [-0.4, -0.2) is 20.9 Å². The monoisotopic (exact) mass is 346 g/mol. The van der Waals surface area contributed by atoms with E-state index >= 15 is 0 Å². The van der Waals surface area contributed by atoms with Crippen molar-refractivity contribution in [1.82, 2.24) is 20.3 Å². The number of nitrogens with zero attached hydrogens (tertiary/aromatic N) is 1. The number of benzene rings is 1. The first-order chi connectivity index (χ1) is 10.1. The largest absolute Gasteiger partial charge is 0.348 e. The Bertz CT molecular complexity index is 869. The van der Waals surface area contributed by atoms with E-state index in [0.717, 1.165) is 21.1 Å². The van der Waals surface area contributed by atoms with Gasteiger partial charge in [0.2, 0.25) is 0 Å². The second-order valence-corrected chi connectivity index (χ2v) is 5.45. The normalized spacial score (nSPS) is 10.7. The Morgan fingerprint density at radius 2 is 2.00 bits per heavy atom. The number of nitrogens with one attached hydrogen (secondary N) is 3. The SMILES string of the molecule is O=C(NCc1ccc2[nH]c(=O)[nH]c2c1)c1cncc(Br)c1. The highest BCUT2D eigenvalue weighted by Crippen LogP contribution is 2.11. The zero-order valence-corrected chi connectivity index (χ0v) is 12.4. The van der Waals surface area contributed by atoms with Crippen LogP contribution in [-0.2, 0) is 6.54 Å². The number of hydrogen-bond donors (Lipinski definition) is 3. The summed E-state index contributed by atoms with van der Waals surface area (Å²) in [4.78, 5) is 32.5. The Kier molecular flexibility index (Phi) is 3.57. The fourth-order valence-corrected chi connectivity index (χ4v) is 2.37. The molecular weight excluding hydrogens is 336 g/mol. The molecule has 0 fully saturated rings. The fourth-order valence-electron chi connectivity index (χ4n) is 2.01. The number of H-pyrrole nitrogens is 2. The minimum absolute atomic E-state index is 0.202. The average Bonchev–Trinajstić information content (AvgIpc) is 2.84. The van der Waals surface area contributed by atoms with E-state index in [9.17, 15) is 9.59 Å². The highest BCUT2D eigenvalue weighted by molar-refractivity contribution is 9.10. The number of halogens is 1. The van der Waals surface area contributed by atoms with Crippen LogP contribution in [0.3, 0.4) is 0 Å². The van der Waals surface area contributed by atoms with E-state index in [1.54, 1.807) is 18.3 Å². The summed E-state index contributed by atoms with van der Waals surface area (Å²) in [6.07, 6.45) is 3.12. The second-order valence-electron chi connectivity index (χ2n) is 4.53. The molecule has 21 heavy (non-hydrogen) atoms. The van der Waals surface area contributed by atoms with Gasteiger partial charge in [-0.25, -0.2) is 4.79 Å². The predicted octanol–water partition coefficient (Wildman–Crippen LogP) is 1.94. The Morgan fingerprint density at radius 1 is 1.19 bits per heavy atom. The van der Waals surface area contributed by atoms with Crippen molar-refractivity contribution in [3.63, 3.8) is 0 Å². The molecular formula is C14H11BrN4O2. The summed E-state index contributed by atoms with van der Waals surface area (Å²) in [5, 5.41) is 2.81. The first kappa shape index (κ1) is 13.6. The van der Waals surface area contributed by atoms with Crippen LogP contribution in [0.2, 0.25) is 0 Å². The first-order valence-corrected chi connectivity index (χ1v) is 7.01. The quantitative estimate of drug-likeness (QED) is 0.676. The summed E-state index contributed by atoms with van der Waals surface area (Å²) in [5.74, 6) is -0.202. The Labute approximate surface area is 127 Å². The molecule has 3 aromatic rings. The molecule has 0 spiro atoms. The van der Waals surface area contributed by atoms with Gasteiger partial charge in [0.1, 0.15) is 0 Å². The lowest BCUT2D eigenvalue weighted by molar-refractivity contribution is 0.0950. The third kappa shape index (κ3) is 3.03. The van der Waals surface area contributed by atoms with Crippen molar-refractivity contribution in [1.29, 1.82) is 0 Å². The Hall–Kier alpha value is -2.41. The predicted molar refractivity (Wildman–Crippen MR) is 82.0 cm³/mol. The molecule has 1 amide bonds. The number of hydrogen-bond acceptors (Lipinski definition) is 3. The topological polar surface area (TPSA) is 90.6 Å². The van der Waals surface area contributed by atoms with Gasteiger partial charge in [-0.15, -0.1) is 0 Å². The van der Waals surface area contributed by atoms with Crippen LogP contribution < -0.4 is 11.0 Å². The van der Waals surface area contributed by atoms with E-state index in [1.165, 1.54) is 6.20 Å². The summed E-state index contributed by atoms with van der Waals surface area (Å²) in [5.41, 5.74) is 2.60. The first-order valence-electron chi connectivity index (χ1n) is 6.21. The molecule has 3 rings (SSSR count). The van der Waals surface area contributed by atoms with Crippen LogP contribution in [0.25, 0.3) is 11.0 Å². The number of aromatic amines is 2. The molecule has 6 nitrogen and oxygen atoms in total. The highest BCUT2D eigenvalue weighted by Gasteiger charge is 2.07. The zero-order valence-electron chi connectivity index (χ0n) is 10.8. The molecule has 0 radical (unpaired) electrons. The fraction of sp³-hybridized carbons (Fsp3) is 0.0714. The number of pyridine rings is 1. The molecule has 0 bridgehead atoms. The maximum absolute atomic E-state index is 12.0. The van der Waals surface area contributed by atoms with Crippen LogP contribution >= 0.6 is 15.9 Å². The zero-order chi connectivity index (χ0) is 14.8. The number of fused-ring (bicyclic) bond motifs is 1. The number of amides is 1. The number of imidazole rings is 1. The van der Waals surface area contributed by atoms with Crippen molar-refractivity contribution in [2.24, 2.45) is 0 Å². The number of carbonyl (C=O) groups excluding carboxylic acids is 1. The van der Waals surface area contributed by atoms with E-state index in [-0.39, 0.29) is 11.6 Å². The maximum Gasteiger partial charge on any atom is 0.323 e. The van der Waals surface area contributed by atoms with Crippen molar-refractivity contribution in [2.45, 2.75) is 6.54 Å². The summed E-state index contributed by atoms with van der Waals surface area (Å²) < 4.78 is 0.751. The van der Waals surface area contributed by atoms with Gasteiger partial charge in [0.05, 0.1) is 16.6 Å².